The fraction of sp³-hybridized carbons (Fsp3) is 0. The Hall–Kier alpha value is -0.700. The smallest absolute Gasteiger partial charge is 0.115 e. The van der Waals surface area contributed by atoms with Gasteiger partial charge < -0.3 is 10.2 Å². The molecule has 50 valence electrons. The van der Waals surface area contributed by atoms with E-state index in [4.69, 9.17) is 10.2 Å². The van der Waals surface area contributed by atoms with Gasteiger partial charge in [0.05, 0.1) is 0 Å². The highest BCUT2D eigenvalue weighted by atomic mass is 79.9. The molecule has 2 N–H and O–H groups in total. The first kappa shape index (κ1) is 8.30. The second-order valence-corrected chi connectivity index (χ2v) is 1.52. The fourth-order valence-electron chi connectivity index (χ4n) is 0.453. The Morgan fingerprint density at radius 3 is 1.22 bits per heavy atom. The van der Waals surface area contributed by atoms with Crippen LogP contribution in [0.5, 0.6) is 11.5 Å². The predicted molar refractivity (Wildman–Crippen MR) is 40.1 cm³/mol. The Labute approximate surface area is 63.5 Å². The average molecular weight is 191 g/mol. The SMILES string of the molecule is Br.Oc1ccc(O)cc1. The average Bonchev–Trinajstić information content (AvgIpc) is 1.77. The topological polar surface area (TPSA) is 40.5 Å². The van der Waals surface area contributed by atoms with Crippen LogP contribution >= 0.6 is 17.0 Å². The van der Waals surface area contributed by atoms with Crippen molar-refractivity contribution in [1.29, 1.82) is 0 Å². The van der Waals surface area contributed by atoms with Gasteiger partial charge in [0.25, 0.3) is 0 Å². The lowest BCUT2D eigenvalue weighted by molar-refractivity contribution is 0.460. The zero-order valence-electron chi connectivity index (χ0n) is 4.61. The van der Waals surface area contributed by atoms with E-state index in [1.165, 1.54) is 24.3 Å². The molecule has 0 unspecified atom stereocenters. The van der Waals surface area contributed by atoms with Crippen molar-refractivity contribution in [1.82, 2.24) is 0 Å². The van der Waals surface area contributed by atoms with Crippen molar-refractivity contribution in [2.75, 3.05) is 0 Å². The van der Waals surface area contributed by atoms with Crippen molar-refractivity contribution in [3.8, 4) is 11.5 Å². The minimum absolute atomic E-state index is 0. The molecule has 0 saturated heterocycles. The number of phenols is 2. The van der Waals surface area contributed by atoms with E-state index in [1.54, 1.807) is 0 Å². The number of aromatic hydroxyl groups is 2. The van der Waals surface area contributed by atoms with Crippen LogP contribution in [0, 0.1) is 0 Å². The Morgan fingerprint density at radius 2 is 1.00 bits per heavy atom. The van der Waals surface area contributed by atoms with Crippen molar-refractivity contribution in [3.05, 3.63) is 24.3 Å². The van der Waals surface area contributed by atoms with Crippen LogP contribution in [0.1, 0.15) is 0 Å². The third kappa shape index (κ3) is 2.37. The molecule has 0 aliphatic heterocycles. The van der Waals surface area contributed by atoms with Gasteiger partial charge in [0.2, 0.25) is 0 Å². The monoisotopic (exact) mass is 190 g/mol. The highest BCUT2D eigenvalue weighted by Gasteiger charge is 1.84. The molecular formula is C6H7BrO2. The van der Waals surface area contributed by atoms with Gasteiger partial charge in [0.15, 0.2) is 0 Å². The Morgan fingerprint density at radius 1 is 0.778 bits per heavy atom. The maximum atomic E-state index is 8.65. The van der Waals surface area contributed by atoms with Gasteiger partial charge in [-0.05, 0) is 24.3 Å². The largest absolute Gasteiger partial charge is 0.508 e. The van der Waals surface area contributed by atoms with Crippen LogP contribution in [0.4, 0.5) is 0 Å². The summed E-state index contributed by atoms with van der Waals surface area (Å²) in [6, 6.07) is 5.70. The van der Waals surface area contributed by atoms with Gasteiger partial charge in [-0.1, -0.05) is 0 Å². The van der Waals surface area contributed by atoms with Crippen molar-refractivity contribution >= 4 is 17.0 Å². The lowest BCUT2D eigenvalue weighted by Crippen LogP contribution is -1.61. The summed E-state index contributed by atoms with van der Waals surface area (Å²) in [5, 5.41) is 17.3. The third-order valence-corrected chi connectivity index (χ3v) is 0.850. The minimum atomic E-state index is 0. The number of halogens is 1. The standard InChI is InChI=1S/C6H6O2.BrH/c7-5-1-2-6(8)4-3-5;/h1-4,7-8H;1H. The number of rotatable bonds is 0. The summed E-state index contributed by atoms with van der Waals surface area (Å²) in [6.45, 7) is 0. The van der Waals surface area contributed by atoms with Crippen LogP contribution in [0.2, 0.25) is 0 Å². The van der Waals surface area contributed by atoms with Gasteiger partial charge >= 0.3 is 0 Å². The Bertz CT molecular complexity index is 150. The molecule has 0 amide bonds. The first-order chi connectivity index (χ1) is 3.79. The zero-order valence-corrected chi connectivity index (χ0v) is 6.33. The van der Waals surface area contributed by atoms with Crippen molar-refractivity contribution in [2.45, 2.75) is 0 Å². The first-order valence-corrected chi connectivity index (χ1v) is 2.27. The van der Waals surface area contributed by atoms with Gasteiger partial charge in [0.1, 0.15) is 11.5 Å². The van der Waals surface area contributed by atoms with Gasteiger partial charge in [0, 0.05) is 0 Å². The molecule has 0 radical (unpaired) electrons. The summed E-state index contributed by atoms with van der Waals surface area (Å²) in [5.74, 6) is 0.339. The summed E-state index contributed by atoms with van der Waals surface area (Å²) < 4.78 is 0. The predicted octanol–water partition coefficient (Wildman–Crippen LogP) is 1.68. The molecule has 0 aliphatic rings. The molecule has 0 heterocycles. The second-order valence-electron chi connectivity index (χ2n) is 1.52. The number of phenolic OH excluding ortho intramolecular Hbond substituents is 2. The van der Waals surface area contributed by atoms with E-state index < -0.39 is 0 Å². The molecule has 1 aromatic rings. The number of hydrogen-bond acceptors (Lipinski definition) is 2. The summed E-state index contributed by atoms with van der Waals surface area (Å²) in [4.78, 5) is 0. The van der Waals surface area contributed by atoms with Crippen molar-refractivity contribution < 1.29 is 10.2 Å². The molecule has 2 nitrogen and oxygen atoms in total. The molecule has 0 aromatic heterocycles. The van der Waals surface area contributed by atoms with E-state index in [9.17, 15) is 0 Å². The van der Waals surface area contributed by atoms with Crippen molar-refractivity contribution in [2.24, 2.45) is 0 Å². The van der Waals surface area contributed by atoms with Crippen LogP contribution in [0.3, 0.4) is 0 Å². The maximum absolute atomic E-state index is 8.65. The van der Waals surface area contributed by atoms with Gasteiger partial charge in [-0.25, -0.2) is 0 Å². The summed E-state index contributed by atoms with van der Waals surface area (Å²) in [5.41, 5.74) is 0. The van der Waals surface area contributed by atoms with E-state index in [0.29, 0.717) is 0 Å². The van der Waals surface area contributed by atoms with E-state index in [1.807, 2.05) is 0 Å². The number of benzene rings is 1. The quantitative estimate of drug-likeness (QED) is 0.612. The summed E-state index contributed by atoms with van der Waals surface area (Å²) in [6.07, 6.45) is 0. The molecule has 9 heavy (non-hydrogen) atoms. The van der Waals surface area contributed by atoms with E-state index in [2.05, 4.69) is 0 Å². The Kier molecular flexibility index (Phi) is 3.09. The van der Waals surface area contributed by atoms with E-state index >= 15 is 0 Å². The van der Waals surface area contributed by atoms with Gasteiger partial charge in [-0.2, -0.15) is 0 Å². The summed E-state index contributed by atoms with van der Waals surface area (Å²) >= 11 is 0. The highest BCUT2D eigenvalue weighted by molar-refractivity contribution is 8.93. The molecule has 0 spiro atoms. The zero-order chi connectivity index (χ0) is 5.98. The molecule has 0 fully saturated rings. The molecular weight excluding hydrogens is 184 g/mol. The van der Waals surface area contributed by atoms with Crippen LogP contribution in [0.15, 0.2) is 24.3 Å². The summed E-state index contributed by atoms with van der Waals surface area (Å²) in [7, 11) is 0. The third-order valence-electron chi connectivity index (χ3n) is 0.850. The lowest BCUT2D eigenvalue weighted by Gasteiger charge is -1.88. The van der Waals surface area contributed by atoms with Crippen LogP contribution in [0.25, 0.3) is 0 Å². The minimum Gasteiger partial charge on any atom is -0.508 e. The molecule has 1 rings (SSSR count). The second kappa shape index (κ2) is 3.35. The van der Waals surface area contributed by atoms with Crippen LogP contribution < -0.4 is 0 Å². The molecule has 3 heteroatoms. The first-order valence-electron chi connectivity index (χ1n) is 2.27. The molecule has 0 atom stereocenters. The van der Waals surface area contributed by atoms with Gasteiger partial charge in [-0.3, -0.25) is 0 Å². The Balaban J connectivity index is 0.000000640. The van der Waals surface area contributed by atoms with Gasteiger partial charge in [-0.15, -0.1) is 17.0 Å². The highest BCUT2D eigenvalue weighted by Crippen LogP contribution is 2.13. The molecule has 0 aliphatic carbocycles. The number of hydrogen-bond donors (Lipinski definition) is 2. The molecule has 1 aromatic carbocycles. The maximum Gasteiger partial charge on any atom is 0.115 e. The van der Waals surface area contributed by atoms with Crippen LogP contribution in [-0.4, -0.2) is 10.2 Å². The van der Waals surface area contributed by atoms with Crippen LogP contribution in [-0.2, 0) is 0 Å². The van der Waals surface area contributed by atoms with E-state index in [0.717, 1.165) is 0 Å². The lowest BCUT2D eigenvalue weighted by atomic mass is 10.3. The normalized spacial score (nSPS) is 8.00. The molecule has 0 saturated carbocycles. The van der Waals surface area contributed by atoms with E-state index in [-0.39, 0.29) is 28.5 Å². The fourth-order valence-corrected chi connectivity index (χ4v) is 0.453. The molecule has 0 bridgehead atoms. The van der Waals surface area contributed by atoms with Crippen molar-refractivity contribution in [3.63, 3.8) is 0 Å².